The third-order valence-electron chi connectivity index (χ3n) is 2.66. The fourth-order valence-electron chi connectivity index (χ4n) is 0.756. The number of benzene rings is 1. The largest absolute Gasteiger partial charge is 0.387 e. The minimum Gasteiger partial charge on any atom is -0.387 e. The second kappa shape index (κ2) is 5.00. The highest BCUT2D eigenvalue weighted by Crippen LogP contribution is 2.33. The quantitative estimate of drug-likeness (QED) is 0.639. The van der Waals surface area contributed by atoms with Crippen LogP contribution in [0.3, 0.4) is 0 Å². The molecule has 0 heterocycles. The van der Waals surface area contributed by atoms with Gasteiger partial charge in [-0.2, -0.15) is 0 Å². The first-order chi connectivity index (χ1) is 7.22. The molecule has 0 aliphatic heterocycles. The van der Waals surface area contributed by atoms with Crippen LogP contribution in [-0.2, 0) is 4.18 Å². The van der Waals surface area contributed by atoms with E-state index in [9.17, 15) is 5.11 Å². The molecular formula is C12H18O2S2. The molecule has 0 saturated heterocycles. The molecule has 1 aromatic rings. The maximum Gasteiger partial charge on any atom is 0.106 e. The zero-order chi connectivity index (χ0) is 12.4. The van der Waals surface area contributed by atoms with Crippen molar-refractivity contribution >= 4 is 24.7 Å². The summed E-state index contributed by atoms with van der Waals surface area (Å²) in [5.74, 6) is 0. The first-order valence-corrected chi connectivity index (χ1v) is 6.28. The molecule has 0 fully saturated rings. The van der Waals surface area contributed by atoms with Gasteiger partial charge in [0.05, 0.1) is 5.60 Å². The van der Waals surface area contributed by atoms with E-state index < -0.39 is 11.2 Å². The smallest absolute Gasteiger partial charge is 0.106 e. The van der Waals surface area contributed by atoms with Gasteiger partial charge in [0.1, 0.15) is 5.60 Å². The van der Waals surface area contributed by atoms with Crippen LogP contribution in [0.25, 0.3) is 0 Å². The third-order valence-corrected chi connectivity index (χ3v) is 3.92. The molecular weight excluding hydrogens is 240 g/mol. The van der Waals surface area contributed by atoms with Crippen LogP contribution in [0.5, 0.6) is 0 Å². The van der Waals surface area contributed by atoms with Crippen LogP contribution >= 0.6 is 24.7 Å². The molecule has 4 heteroatoms. The number of hydrogen-bond donors (Lipinski definition) is 2. The van der Waals surface area contributed by atoms with E-state index in [-0.39, 0.29) is 0 Å². The molecule has 1 aromatic carbocycles. The molecule has 0 aromatic heterocycles. The van der Waals surface area contributed by atoms with Crippen LogP contribution in [0.15, 0.2) is 34.1 Å². The molecule has 0 amide bonds. The number of thiol groups is 1. The highest BCUT2D eigenvalue weighted by atomic mass is 32.2. The van der Waals surface area contributed by atoms with Crippen molar-refractivity contribution < 1.29 is 9.29 Å². The number of hydrogen-bond acceptors (Lipinski definition) is 4. The van der Waals surface area contributed by atoms with Gasteiger partial charge in [-0.1, -0.05) is 0 Å². The van der Waals surface area contributed by atoms with E-state index in [0.717, 1.165) is 9.79 Å². The summed E-state index contributed by atoms with van der Waals surface area (Å²) in [6.07, 6.45) is 0. The number of rotatable bonds is 4. The fraction of sp³-hybridized carbons (Fsp3) is 0.500. The summed E-state index contributed by atoms with van der Waals surface area (Å²) in [7, 11) is 0. The summed E-state index contributed by atoms with van der Waals surface area (Å²) in [5, 5.41) is 9.92. The van der Waals surface area contributed by atoms with Gasteiger partial charge in [0.25, 0.3) is 0 Å². The maximum absolute atomic E-state index is 9.92. The van der Waals surface area contributed by atoms with Crippen molar-refractivity contribution in [1.29, 1.82) is 0 Å². The van der Waals surface area contributed by atoms with E-state index in [2.05, 4.69) is 12.6 Å². The summed E-state index contributed by atoms with van der Waals surface area (Å²) >= 11 is 5.48. The molecule has 0 radical (unpaired) electrons. The van der Waals surface area contributed by atoms with Gasteiger partial charge < -0.3 is 9.29 Å². The van der Waals surface area contributed by atoms with Gasteiger partial charge in [-0.3, -0.25) is 0 Å². The molecule has 16 heavy (non-hydrogen) atoms. The lowest BCUT2D eigenvalue weighted by atomic mass is 9.90. The molecule has 0 aliphatic carbocycles. The van der Waals surface area contributed by atoms with Crippen LogP contribution in [0, 0.1) is 0 Å². The van der Waals surface area contributed by atoms with Gasteiger partial charge in [-0.05, 0) is 52.0 Å². The summed E-state index contributed by atoms with van der Waals surface area (Å²) in [5.41, 5.74) is -1.50. The van der Waals surface area contributed by atoms with E-state index in [0.29, 0.717) is 0 Å². The fourth-order valence-corrected chi connectivity index (χ4v) is 1.66. The average molecular weight is 258 g/mol. The second-order valence-electron chi connectivity index (χ2n) is 4.73. The predicted octanol–water partition coefficient (Wildman–Crippen LogP) is 3.55. The highest BCUT2D eigenvalue weighted by molar-refractivity contribution is 7.94. The first-order valence-electron chi connectivity index (χ1n) is 5.09. The first kappa shape index (κ1) is 13.9. The van der Waals surface area contributed by atoms with Crippen LogP contribution < -0.4 is 0 Å². The Bertz CT molecular complexity index is 339. The number of aliphatic hydroxyl groups is 1. The summed E-state index contributed by atoms with van der Waals surface area (Å²) in [4.78, 5) is 1.92. The molecule has 0 unspecified atom stereocenters. The van der Waals surface area contributed by atoms with Crippen molar-refractivity contribution in [3.63, 3.8) is 0 Å². The maximum atomic E-state index is 9.92. The van der Waals surface area contributed by atoms with Gasteiger partial charge in [0.15, 0.2) is 0 Å². The Labute approximate surface area is 107 Å². The normalized spacial score (nSPS) is 12.9. The molecule has 0 atom stereocenters. The van der Waals surface area contributed by atoms with E-state index in [1.165, 1.54) is 12.0 Å². The monoisotopic (exact) mass is 258 g/mol. The topological polar surface area (TPSA) is 29.5 Å². The van der Waals surface area contributed by atoms with Crippen LogP contribution in [0.1, 0.15) is 27.7 Å². The molecule has 0 spiro atoms. The van der Waals surface area contributed by atoms with Gasteiger partial charge in [-0.15, -0.1) is 12.6 Å². The van der Waals surface area contributed by atoms with Gasteiger partial charge in [0, 0.05) is 21.8 Å². The minimum atomic E-state index is -0.885. The van der Waals surface area contributed by atoms with Crippen LogP contribution in [0.4, 0.5) is 0 Å². The highest BCUT2D eigenvalue weighted by Gasteiger charge is 2.36. The third kappa shape index (κ3) is 3.70. The van der Waals surface area contributed by atoms with Crippen molar-refractivity contribution in [2.75, 3.05) is 0 Å². The molecule has 0 saturated carbocycles. The Balaban J connectivity index is 2.61. The van der Waals surface area contributed by atoms with Crippen LogP contribution in [0.2, 0.25) is 0 Å². The zero-order valence-electron chi connectivity index (χ0n) is 10.0. The lowest BCUT2D eigenvalue weighted by molar-refractivity contribution is -0.0813. The standard InChI is InChI=1S/C12H18O2S2/c1-11(2,13)12(3,4)14-16-10-7-5-9(15)6-8-10/h5-8,13,15H,1-4H3. The molecule has 0 bridgehead atoms. The Morgan fingerprint density at radius 2 is 1.62 bits per heavy atom. The molecule has 1 N–H and O–H groups in total. The molecule has 1 rings (SSSR count). The molecule has 2 nitrogen and oxygen atoms in total. The van der Waals surface area contributed by atoms with E-state index in [1.54, 1.807) is 13.8 Å². The van der Waals surface area contributed by atoms with Crippen molar-refractivity contribution in [1.82, 2.24) is 0 Å². The summed E-state index contributed by atoms with van der Waals surface area (Å²) < 4.78 is 5.66. The Kier molecular flexibility index (Phi) is 4.35. The van der Waals surface area contributed by atoms with E-state index >= 15 is 0 Å². The van der Waals surface area contributed by atoms with E-state index in [4.69, 9.17) is 4.18 Å². The Morgan fingerprint density at radius 3 is 2.06 bits per heavy atom. The van der Waals surface area contributed by atoms with Crippen LogP contribution in [-0.4, -0.2) is 16.3 Å². The van der Waals surface area contributed by atoms with Gasteiger partial charge in [0.2, 0.25) is 0 Å². The summed E-state index contributed by atoms with van der Waals surface area (Å²) in [6.45, 7) is 7.22. The average Bonchev–Trinajstić information content (AvgIpc) is 2.15. The SMILES string of the molecule is CC(C)(O)C(C)(C)OSc1ccc(S)cc1. The Hall–Kier alpha value is -0.160. The predicted molar refractivity (Wildman–Crippen MR) is 71.0 cm³/mol. The van der Waals surface area contributed by atoms with Crippen molar-refractivity contribution in [3.05, 3.63) is 24.3 Å². The van der Waals surface area contributed by atoms with Gasteiger partial charge in [-0.25, -0.2) is 0 Å². The minimum absolute atomic E-state index is 0.614. The Morgan fingerprint density at radius 1 is 1.12 bits per heavy atom. The summed E-state index contributed by atoms with van der Waals surface area (Å²) in [6, 6.07) is 7.69. The van der Waals surface area contributed by atoms with Crippen molar-refractivity contribution in [3.8, 4) is 0 Å². The lowest BCUT2D eigenvalue weighted by Crippen LogP contribution is -2.45. The molecule has 90 valence electrons. The zero-order valence-corrected chi connectivity index (χ0v) is 11.7. The van der Waals surface area contributed by atoms with Crippen molar-refractivity contribution in [2.45, 2.75) is 48.7 Å². The van der Waals surface area contributed by atoms with E-state index in [1.807, 2.05) is 38.1 Å². The lowest BCUT2D eigenvalue weighted by Gasteiger charge is -2.35. The van der Waals surface area contributed by atoms with Crippen molar-refractivity contribution in [2.24, 2.45) is 0 Å². The second-order valence-corrected chi connectivity index (χ2v) is 6.05. The van der Waals surface area contributed by atoms with Gasteiger partial charge >= 0.3 is 0 Å². The molecule has 0 aliphatic rings.